The standard InChI is InChI=1S/C29H41BN2Si3/c1-31-25-16-20(33(3,4)5)12-14-23(25)30-24-15-13-21(34(6,7)8)17-26(24)32(2)28-19-22(35(9,10)11)18-27(31)29(28)30/h12-19H,1-11H3. The normalized spacial score (nSPS) is 15.1. The van der Waals surface area contributed by atoms with E-state index in [1.54, 1.807) is 5.19 Å². The van der Waals surface area contributed by atoms with Crippen LogP contribution < -0.4 is 41.7 Å². The molecule has 3 aromatic carbocycles. The Balaban J connectivity index is 1.85. The molecule has 35 heavy (non-hydrogen) atoms. The smallest absolute Gasteiger partial charge is 0.252 e. The Hall–Kier alpha value is -2.02. The van der Waals surface area contributed by atoms with E-state index in [2.05, 4.69) is 131 Å². The molecule has 0 saturated heterocycles. The largest absolute Gasteiger partial charge is 0.345 e. The van der Waals surface area contributed by atoms with Gasteiger partial charge in [-0.3, -0.25) is 0 Å². The first kappa shape index (κ1) is 24.7. The number of anilines is 4. The molecule has 0 N–H and O–H groups in total. The lowest BCUT2D eigenvalue weighted by Crippen LogP contribution is -2.63. The van der Waals surface area contributed by atoms with Gasteiger partial charge in [0, 0.05) is 36.8 Å². The molecule has 0 fully saturated rings. The third-order valence-electron chi connectivity index (χ3n) is 8.15. The van der Waals surface area contributed by atoms with Gasteiger partial charge >= 0.3 is 0 Å². The molecule has 3 aromatic rings. The number of fused-ring (bicyclic) bond motifs is 4. The summed E-state index contributed by atoms with van der Waals surface area (Å²) in [6, 6.07) is 19.8. The van der Waals surface area contributed by atoms with Crippen LogP contribution >= 0.6 is 0 Å². The van der Waals surface area contributed by atoms with E-state index in [1.807, 2.05) is 0 Å². The molecule has 2 nitrogen and oxygen atoms in total. The molecule has 0 bridgehead atoms. The average Bonchev–Trinajstić information content (AvgIpc) is 2.75. The van der Waals surface area contributed by atoms with Gasteiger partial charge in [0.25, 0.3) is 6.71 Å². The van der Waals surface area contributed by atoms with E-state index >= 15 is 0 Å². The summed E-state index contributed by atoms with van der Waals surface area (Å²) in [5.74, 6) is 0. The maximum Gasteiger partial charge on any atom is 0.252 e. The first-order valence-electron chi connectivity index (χ1n) is 13.0. The van der Waals surface area contributed by atoms with Gasteiger partial charge in [0.1, 0.15) is 0 Å². The summed E-state index contributed by atoms with van der Waals surface area (Å²) in [6.07, 6.45) is 0. The van der Waals surface area contributed by atoms with Crippen molar-refractivity contribution in [2.75, 3.05) is 23.9 Å². The molecule has 0 spiro atoms. The minimum Gasteiger partial charge on any atom is -0.345 e. The fourth-order valence-electron chi connectivity index (χ4n) is 5.73. The van der Waals surface area contributed by atoms with Gasteiger partial charge in [0.15, 0.2) is 0 Å². The molecular formula is C29H41BN2Si3. The summed E-state index contributed by atoms with van der Waals surface area (Å²) >= 11 is 0. The van der Waals surface area contributed by atoms with Gasteiger partial charge in [-0.05, 0) is 40.7 Å². The summed E-state index contributed by atoms with van der Waals surface area (Å²) in [4.78, 5) is 4.99. The van der Waals surface area contributed by atoms with Crippen molar-refractivity contribution in [3.63, 3.8) is 0 Å². The van der Waals surface area contributed by atoms with Gasteiger partial charge in [-0.25, -0.2) is 0 Å². The minimum absolute atomic E-state index is 0.291. The van der Waals surface area contributed by atoms with Gasteiger partial charge in [0.2, 0.25) is 0 Å². The van der Waals surface area contributed by atoms with Gasteiger partial charge < -0.3 is 9.80 Å². The number of nitrogens with zero attached hydrogens (tertiary/aromatic N) is 2. The Bertz CT molecular complexity index is 1250. The third kappa shape index (κ3) is 3.89. The van der Waals surface area contributed by atoms with Crippen molar-refractivity contribution in [2.45, 2.75) is 58.9 Å². The minimum atomic E-state index is -1.50. The van der Waals surface area contributed by atoms with Crippen molar-refractivity contribution in [3.8, 4) is 0 Å². The average molecular weight is 513 g/mol. The van der Waals surface area contributed by atoms with Crippen LogP contribution in [0.4, 0.5) is 22.7 Å². The van der Waals surface area contributed by atoms with E-state index in [-0.39, 0.29) is 0 Å². The highest BCUT2D eigenvalue weighted by molar-refractivity contribution is 7.01. The molecule has 5 rings (SSSR count). The summed E-state index contributed by atoms with van der Waals surface area (Å²) in [5, 5.41) is 4.61. The highest BCUT2D eigenvalue weighted by atomic mass is 28.3. The summed E-state index contributed by atoms with van der Waals surface area (Å²) in [7, 11) is 0.238. The van der Waals surface area contributed by atoms with Crippen LogP contribution in [0.15, 0.2) is 48.5 Å². The van der Waals surface area contributed by atoms with E-state index < -0.39 is 24.2 Å². The van der Waals surface area contributed by atoms with E-state index in [4.69, 9.17) is 0 Å². The lowest BCUT2D eigenvalue weighted by atomic mass is 9.33. The summed E-state index contributed by atoms with van der Waals surface area (Å²) in [5.41, 5.74) is 9.99. The van der Waals surface area contributed by atoms with Crippen LogP contribution in [0.3, 0.4) is 0 Å². The Morgan fingerprint density at radius 1 is 0.486 bits per heavy atom. The molecule has 0 unspecified atom stereocenters. The van der Waals surface area contributed by atoms with Gasteiger partial charge in [0.05, 0.1) is 24.2 Å². The number of benzene rings is 3. The number of hydrogen-bond acceptors (Lipinski definition) is 2. The van der Waals surface area contributed by atoms with Crippen molar-refractivity contribution in [3.05, 3.63) is 48.5 Å². The maximum absolute atomic E-state index is 2.53. The van der Waals surface area contributed by atoms with Gasteiger partial charge in [-0.2, -0.15) is 0 Å². The predicted molar refractivity (Wildman–Crippen MR) is 169 cm³/mol. The zero-order chi connectivity index (χ0) is 25.7. The van der Waals surface area contributed by atoms with Crippen molar-refractivity contribution in [1.82, 2.24) is 0 Å². The second-order valence-electron chi connectivity index (χ2n) is 13.8. The molecule has 0 saturated carbocycles. The van der Waals surface area contributed by atoms with E-state index in [9.17, 15) is 0 Å². The van der Waals surface area contributed by atoms with Crippen LogP contribution in [-0.2, 0) is 0 Å². The van der Waals surface area contributed by atoms with E-state index in [0.29, 0.717) is 6.71 Å². The van der Waals surface area contributed by atoms with Crippen LogP contribution in [0.2, 0.25) is 58.9 Å². The Morgan fingerprint density at radius 3 is 1.17 bits per heavy atom. The lowest BCUT2D eigenvalue weighted by molar-refractivity contribution is 1.18. The van der Waals surface area contributed by atoms with Crippen molar-refractivity contribution < 1.29 is 0 Å². The molecule has 2 heterocycles. The molecule has 0 amide bonds. The first-order chi connectivity index (χ1) is 16.1. The molecule has 2 aliphatic heterocycles. The molecule has 2 aliphatic rings. The molecule has 182 valence electrons. The molecule has 0 aromatic heterocycles. The lowest BCUT2D eigenvalue weighted by Gasteiger charge is -2.43. The number of hydrogen-bond donors (Lipinski definition) is 0. The highest BCUT2D eigenvalue weighted by Crippen LogP contribution is 2.35. The Morgan fingerprint density at radius 2 is 0.829 bits per heavy atom. The monoisotopic (exact) mass is 512 g/mol. The second-order valence-corrected chi connectivity index (χ2v) is 29.0. The fraction of sp³-hybridized carbons (Fsp3) is 0.379. The maximum atomic E-state index is 2.53. The van der Waals surface area contributed by atoms with Crippen LogP contribution in [0.1, 0.15) is 0 Å². The SMILES string of the molecule is CN1c2cc([Si](C)(C)C)ccc2B2c3ccc([Si](C)(C)C)cc3N(C)c3cc([Si](C)(C)C)cc1c32. The predicted octanol–water partition coefficient (Wildman–Crippen LogP) is 4.00. The van der Waals surface area contributed by atoms with Crippen molar-refractivity contribution in [1.29, 1.82) is 0 Å². The van der Waals surface area contributed by atoms with Crippen LogP contribution in [0, 0.1) is 0 Å². The topological polar surface area (TPSA) is 6.48 Å². The molecular weight excluding hydrogens is 471 g/mol. The molecule has 0 radical (unpaired) electrons. The first-order valence-corrected chi connectivity index (χ1v) is 23.5. The number of rotatable bonds is 3. The quantitative estimate of drug-likeness (QED) is 0.490. The molecule has 0 atom stereocenters. The third-order valence-corrected chi connectivity index (χ3v) is 14.3. The van der Waals surface area contributed by atoms with Crippen molar-refractivity contribution in [2.24, 2.45) is 0 Å². The molecule has 6 heteroatoms. The zero-order valence-electron chi connectivity index (χ0n) is 23.6. The van der Waals surface area contributed by atoms with Crippen LogP contribution in [-0.4, -0.2) is 45.0 Å². The summed E-state index contributed by atoms with van der Waals surface area (Å²) in [6.45, 7) is 22.4. The van der Waals surface area contributed by atoms with Crippen LogP contribution in [0.5, 0.6) is 0 Å². The Kier molecular flexibility index (Phi) is 5.45. The van der Waals surface area contributed by atoms with Crippen molar-refractivity contribution >= 4 is 85.6 Å². The second kappa shape index (κ2) is 7.74. The highest BCUT2D eigenvalue weighted by Gasteiger charge is 2.42. The summed E-state index contributed by atoms with van der Waals surface area (Å²) < 4.78 is 0. The van der Waals surface area contributed by atoms with Gasteiger partial charge in [-0.15, -0.1) is 0 Å². The van der Waals surface area contributed by atoms with E-state index in [1.165, 1.54) is 49.5 Å². The van der Waals surface area contributed by atoms with Gasteiger partial charge in [-0.1, -0.05) is 98.7 Å². The fourth-order valence-corrected chi connectivity index (χ4v) is 9.18. The molecule has 0 aliphatic carbocycles. The van der Waals surface area contributed by atoms with E-state index in [0.717, 1.165) is 0 Å². The Labute approximate surface area is 216 Å². The van der Waals surface area contributed by atoms with Crippen LogP contribution in [0.25, 0.3) is 0 Å². The zero-order valence-corrected chi connectivity index (χ0v) is 26.6.